The highest BCUT2D eigenvalue weighted by molar-refractivity contribution is 8.59. The summed E-state index contributed by atoms with van der Waals surface area (Å²) >= 11 is 6.44. The number of aliphatic hydroxyl groups is 1. The van der Waals surface area contributed by atoms with Crippen LogP contribution >= 0.6 is 23.3 Å². The number of carbonyl (C=O) groups excluding carboxylic acids is 1. The number of ether oxygens (including phenoxy) is 1. The van der Waals surface area contributed by atoms with E-state index in [0.717, 1.165) is 7.11 Å². The van der Waals surface area contributed by atoms with Crippen molar-refractivity contribution in [3.05, 3.63) is 23.9 Å². The molecule has 80 valence electrons. The van der Waals surface area contributed by atoms with Crippen LogP contribution in [-0.2, 0) is 0 Å². The van der Waals surface area contributed by atoms with E-state index in [1.54, 1.807) is 18.2 Å². The largest absolute Gasteiger partial charge is 0.481 e. The van der Waals surface area contributed by atoms with Gasteiger partial charge in [0.2, 0.25) is 5.88 Å². The van der Waals surface area contributed by atoms with Crippen molar-refractivity contribution < 1.29 is 14.6 Å². The van der Waals surface area contributed by atoms with Gasteiger partial charge in [0.15, 0.2) is 6.29 Å². The molecule has 0 aromatic carbocycles. The Hall–Kier alpha value is -0.720. The third-order valence-corrected chi connectivity index (χ3v) is 1.07. The van der Waals surface area contributed by atoms with Crippen molar-refractivity contribution in [3.8, 4) is 5.88 Å². The van der Waals surface area contributed by atoms with Gasteiger partial charge in [-0.15, -0.1) is 23.3 Å². The number of aldehydes is 1. The maximum atomic E-state index is 10.2. The van der Waals surface area contributed by atoms with Gasteiger partial charge >= 0.3 is 0 Å². The van der Waals surface area contributed by atoms with Gasteiger partial charge in [-0.05, 0) is 6.07 Å². The van der Waals surface area contributed by atoms with E-state index in [9.17, 15) is 4.79 Å². The van der Waals surface area contributed by atoms with Crippen molar-refractivity contribution in [3.63, 3.8) is 0 Å². The van der Waals surface area contributed by atoms with E-state index in [-0.39, 0.29) is 0 Å². The van der Waals surface area contributed by atoms with Gasteiger partial charge in [-0.3, -0.25) is 4.79 Å². The summed E-state index contributed by atoms with van der Waals surface area (Å²) in [5.41, 5.74) is 0.388. The second kappa shape index (κ2) is 12.3. The summed E-state index contributed by atoms with van der Waals surface area (Å²) in [6.45, 7) is 0. The van der Waals surface area contributed by atoms with Crippen LogP contribution in [0.25, 0.3) is 0 Å². The van der Waals surface area contributed by atoms with Gasteiger partial charge in [0.05, 0.1) is 7.11 Å². The number of aromatic nitrogens is 1. The minimum Gasteiger partial charge on any atom is -0.481 e. The molecule has 1 aromatic rings. The van der Waals surface area contributed by atoms with Crippen LogP contribution in [-0.4, -0.2) is 30.6 Å². The standard InChI is InChI=1S/C7H7NO2.CH4O.H2S2/c1-10-7-4-2-3-6(5-9)8-7;2*1-2/h2-5H,1H3;2H,1H3;1-2H. The Morgan fingerprint density at radius 2 is 2.00 bits per heavy atom. The molecular formula is C8H13NO3S2. The average molecular weight is 235 g/mol. The van der Waals surface area contributed by atoms with Crippen molar-refractivity contribution >= 4 is 29.6 Å². The summed E-state index contributed by atoms with van der Waals surface area (Å²) in [6.07, 6.45) is 0.683. The lowest BCUT2D eigenvalue weighted by Crippen LogP contribution is -1.90. The van der Waals surface area contributed by atoms with Gasteiger partial charge in [-0.2, -0.15) is 0 Å². The molecule has 0 fully saturated rings. The molecule has 1 N–H and O–H groups in total. The van der Waals surface area contributed by atoms with E-state index >= 15 is 0 Å². The van der Waals surface area contributed by atoms with Gasteiger partial charge in [-0.25, -0.2) is 4.98 Å². The Balaban J connectivity index is 0. The highest BCUT2D eigenvalue weighted by Gasteiger charge is 1.92. The monoisotopic (exact) mass is 235 g/mol. The van der Waals surface area contributed by atoms with Crippen LogP contribution in [0.5, 0.6) is 5.88 Å². The zero-order valence-electron chi connectivity index (χ0n) is 7.91. The SMILES string of the molecule is CO.COc1cccc(C=O)n1.SS. The quantitative estimate of drug-likeness (QED) is 0.410. The first-order valence-electron chi connectivity index (χ1n) is 3.48. The molecule has 1 rings (SSSR count). The molecule has 1 aromatic heterocycles. The van der Waals surface area contributed by atoms with Gasteiger partial charge in [-0.1, -0.05) is 6.07 Å². The van der Waals surface area contributed by atoms with E-state index in [0.29, 0.717) is 17.9 Å². The first-order valence-corrected chi connectivity index (χ1v) is 5.08. The summed E-state index contributed by atoms with van der Waals surface area (Å²) in [6, 6.07) is 5.03. The molecule has 0 atom stereocenters. The molecule has 14 heavy (non-hydrogen) atoms. The predicted octanol–water partition coefficient (Wildman–Crippen LogP) is 1.27. The topological polar surface area (TPSA) is 59.4 Å². The van der Waals surface area contributed by atoms with Crippen LogP contribution in [0.4, 0.5) is 0 Å². The van der Waals surface area contributed by atoms with Crippen molar-refractivity contribution in [1.82, 2.24) is 4.98 Å². The molecule has 1 heterocycles. The first-order chi connectivity index (χ1) is 6.86. The molecule has 0 amide bonds. The van der Waals surface area contributed by atoms with Crippen LogP contribution in [0, 0.1) is 0 Å². The summed E-state index contributed by atoms with van der Waals surface area (Å²) in [7, 11) is 2.51. The molecule has 4 nitrogen and oxygen atoms in total. The number of methoxy groups -OCH3 is 1. The fourth-order valence-electron chi connectivity index (χ4n) is 0.610. The fraction of sp³-hybridized carbons (Fsp3) is 0.250. The van der Waals surface area contributed by atoms with Gasteiger partial charge in [0, 0.05) is 13.2 Å². The van der Waals surface area contributed by atoms with E-state index in [1.807, 2.05) is 0 Å². The summed E-state index contributed by atoms with van der Waals surface area (Å²) in [4.78, 5) is 14.0. The van der Waals surface area contributed by atoms with Gasteiger partial charge < -0.3 is 9.84 Å². The van der Waals surface area contributed by atoms with Crippen LogP contribution in [0.15, 0.2) is 18.2 Å². The number of hydrogen-bond donors (Lipinski definition) is 3. The maximum absolute atomic E-state index is 10.2. The lowest BCUT2D eigenvalue weighted by atomic mass is 10.4. The molecule has 0 aliphatic carbocycles. The Bertz CT molecular complexity index is 246. The van der Waals surface area contributed by atoms with Crippen LogP contribution in [0.2, 0.25) is 0 Å². The second-order valence-corrected chi connectivity index (χ2v) is 1.72. The first kappa shape index (κ1) is 15.7. The fourth-order valence-corrected chi connectivity index (χ4v) is 0.610. The number of thiol groups is 2. The number of hydrogen-bond acceptors (Lipinski definition) is 6. The lowest BCUT2D eigenvalue weighted by molar-refractivity contribution is 0.111. The molecule has 0 radical (unpaired) electrons. The molecule has 6 heteroatoms. The Kier molecular flexibility index (Phi) is 13.8. The number of rotatable bonds is 2. The van der Waals surface area contributed by atoms with Crippen LogP contribution < -0.4 is 4.74 Å². The minimum atomic E-state index is 0.388. The predicted molar refractivity (Wildman–Crippen MR) is 62.3 cm³/mol. The molecule has 0 unspecified atom stereocenters. The smallest absolute Gasteiger partial charge is 0.213 e. The van der Waals surface area contributed by atoms with E-state index in [1.165, 1.54) is 7.11 Å². The molecular weight excluding hydrogens is 222 g/mol. The highest BCUT2D eigenvalue weighted by atomic mass is 33.1. The van der Waals surface area contributed by atoms with Crippen LogP contribution in [0.3, 0.4) is 0 Å². The Morgan fingerprint density at radius 3 is 2.43 bits per heavy atom. The second-order valence-electron chi connectivity index (χ2n) is 1.72. The zero-order valence-corrected chi connectivity index (χ0v) is 9.70. The number of nitrogens with zero attached hydrogens (tertiary/aromatic N) is 1. The van der Waals surface area contributed by atoms with E-state index in [4.69, 9.17) is 9.84 Å². The Morgan fingerprint density at radius 1 is 1.43 bits per heavy atom. The van der Waals surface area contributed by atoms with Crippen molar-refractivity contribution in [1.29, 1.82) is 0 Å². The number of aliphatic hydroxyl groups excluding tert-OH is 1. The van der Waals surface area contributed by atoms with Crippen molar-refractivity contribution in [2.75, 3.05) is 14.2 Å². The molecule has 0 aliphatic heterocycles. The Labute approximate surface area is 93.5 Å². The van der Waals surface area contributed by atoms with Crippen LogP contribution in [0.1, 0.15) is 10.5 Å². The summed E-state index contributed by atoms with van der Waals surface area (Å²) < 4.78 is 4.79. The maximum Gasteiger partial charge on any atom is 0.213 e. The molecule has 0 saturated heterocycles. The summed E-state index contributed by atoms with van der Waals surface area (Å²) in [5.74, 6) is 0.463. The van der Waals surface area contributed by atoms with Gasteiger partial charge in [0.25, 0.3) is 0 Å². The minimum absolute atomic E-state index is 0.388. The van der Waals surface area contributed by atoms with E-state index < -0.39 is 0 Å². The number of carbonyl (C=O) groups is 1. The average Bonchev–Trinajstić information content (AvgIpc) is 2.34. The molecule has 0 spiro atoms. The van der Waals surface area contributed by atoms with Crippen molar-refractivity contribution in [2.45, 2.75) is 0 Å². The number of pyridine rings is 1. The zero-order chi connectivity index (χ0) is 11.4. The van der Waals surface area contributed by atoms with Crippen molar-refractivity contribution in [2.24, 2.45) is 0 Å². The third-order valence-electron chi connectivity index (χ3n) is 1.07. The van der Waals surface area contributed by atoms with E-state index in [2.05, 4.69) is 28.3 Å². The third kappa shape index (κ3) is 6.76. The lowest BCUT2D eigenvalue weighted by Gasteiger charge is -1.95. The molecule has 0 saturated carbocycles. The molecule has 0 aliphatic rings. The normalized spacial score (nSPS) is 7.21. The van der Waals surface area contributed by atoms with Gasteiger partial charge in [0.1, 0.15) is 5.69 Å². The molecule has 0 bridgehead atoms. The summed E-state index contributed by atoms with van der Waals surface area (Å²) in [5, 5.41) is 7.00. The highest BCUT2D eigenvalue weighted by Crippen LogP contribution is 2.03.